The van der Waals surface area contributed by atoms with Gasteiger partial charge in [-0.25, -0.2) is 0 Å². The van der Waals surface area contributed by atoms with Gasteiger partial charge in [-0.1, -0.05) is 38.3 Å². The number of benzene rings is 1. The third-order valence-electron chi connectivity index (χ3n) is 7.29. The molecule has 5 rings (SSSR count). The van der Waals surface area contributed by atoms with Gasteiger partial charge in [0.15, 0.2) is 5.82 Å². The van der Waals surface area contributed by atoms with Crippen LogP contribution in [0.3, 0.4) is 0 Å². The number of nitrogens with zero attached hydrogens (tertiary/aromatic N) is 3. The van der Waals surface area contributed by atoms with Gasteiger partial charge in [0.25, 0.3) is 0 Å². The van der Waals surface area contributed by atoms with E-state index in [1.807, 2.05) is 24.3 Å². The molecule has 27 heavy (non-hydrogen) atoms. The van der Waals surface area contributed by atoms with Crippen molar-refractivity contribution < 1.29 is 4.55 Å². The van der Waals surface area contributed by atoms with E-state index in [9.17, 15) is 4.55 Å². The molecule has 0 aliphatic heterocycles. The summed E-state index contributed by atoms with van der Waals surface area (Å²) in [5.41, 5.74) is 1.77. The van der Waals surface area contributed by atoms with E-state index >= 15 is 0 Å². The third-order valence-corrected chi connectivity index (χ3v) is 7.84. The van der Waals surface area contributed by atoms with Gasteiger partial charge in [-0.2, -0.15) is 0 Å². The minimum Gasteiger partial charge on any atom is -0.325 e. The summed E-state index contributed by atoms with van der Waals surface area (Å²) in [5, 5.41) is 9.23. The molecule has 2 bridgehead atoms. The summed E-state index contributed by atoms with van der Waals surface area (Å²) in [6.07, 6.45) is 13.3. The van der Waals surface area contributed by atoms with Crippen LogP contribution in [0.5, 0.6) is 0 Å². The summed E-state index contributed by atoms with van der Waals surface area (Å²) in [6, 6.07) is 7.88. The lowest BCUT2D eigenvalue weighted by atomic mass is 9.52. The van der Waals surface area contributed by atoms with Crippen molar-refractivity contribution in [1.82, 2.24) is 14.8 Å². The minimum absolute atomic E-state index is 0.202. The molecule has 0 amide bonds. The molecule has 0 unspecified atom stereocenters. The average Bonchev–Trinajstić information content (AvgIpc) is 3.11. The maximum Gasteiger partial charge on any atom is 0.164 e. The van der Waals surface area contributed by atoms with Gasteiger partial charge in [-0.3, -0.25) is 0 Å². The predicted molar refractivity (Wildman–Crippen MR) is 111 cm³/mol. The molecule has 1 heterocycles. The summed E-state index contributed by atoms with van der Waals surface area (Å²) in [7, 11) is 2.09. The standard InChI is InChI=1S/C22H31N3OS/c1-3-4-7-10-21-11-14-22(15-12-21,16-13-21)20-24-23-19(25(20)2)17-8-5-6-9-18(17)27-26/h5-6,8-9,26H,3-4,7,10-16H2,1-2H3. The zero-order valence-electron chi connectivity index (χ0n) is 16.6. The van der Waals surface area contributed by atoms with Crippen LogP contribution in [0.4, 0.5) is 0 Å². The van der Waals surface area contributed by atoms with Gasteiger partial charge < -0.3 is 9.12 Å². The van der Waals surface area contributed by atoms with Gasteiger partial charge in [0, 0.05) is 35.0 Å². The highest BCUT2D eigenvalue weighted by molar-refractivity contribution is 7.93. The molecule has 3 saturated carbocycles. The molecule has 146 valence electrons. The van der Waals surface area contributed by atoms with Crippen molar-refractivity contribution in [1.29, 1.82) is 0 Å². The van der Waals surface area contributed by atoms with E-state index in [0.29, 0.717) is 5.41 Å². The molecule has 3 aliphatic rings. The highest BCUT2D eigenvalue weighted by atomic mass is 32.2. The van der Waals surface area contributed by atoms with E-state index in [0.717, 1.165) is 34.2 Å². The third kappa shape index (κ3) is 3.33. The first-order valence-corrected chi connectivity index (χ1v) is 11.2. The van der Waals surface area contributed by atoms with Crippen LogP contribution in [0, 0.1) is 5.41 Å². The van der Waals surface area contributed by atoms with E-state index in [1.165, 1.54) is 64.2 Å². The van der Waals surface area contributed by atoms with Crippen molar-refractivity contribution >= 4 is 12.0 Å². The van der Waals surface area contributed by atoms with Crippen LogP contribution in [0.15, 0.2) is 29.2 Å². The summed E-state index contributed by atoms with van der Waals surface area (Å²) in [4.78, 5) is 0.833. The summed E-state index contributed by atoms with van der Waals surface area (Å²) < 4.78 is 11.8. The van der Waals surface area contributed by atoms with Gasteiger partial charge in [0.1, 0.15) is 5.82 Å². The van der Waals surface area contributed by atoms with Crippen LogP contribution in [0.25, 0.3) is 11.4 Å². The molecule has 2 aromatic rings. The minimum atomic E-state index is 0.202. The Morgan fingerprint density at radius 1 is 1.04 bits per heavy atom. The Morgan fingerprint density at radius 2 is 1.74 bits per heavy atom. The van der Waals surface area contributed by atoms with Crippen LogP contribution in [-0.4, -0.2) is 19.3 Å². The van der Waals surface area contributed by atoms with E-state index in [4.69, 9.17) is 0 Å². The summed E-state index contributed by atoms with van der Waals surface area (Å²) in [5.74, 6) is 2.01. The second-order valence-electron chi connectivity index (χ2n) is 8.73. The Labute approximate surface area is 167 Å². The van der Waals surface area contributed by atoms with E-state index < -0.39 is 0 Å². The van der Waals surface area contributed by atoms with Gasteiger partial charge >= 0.3 is 0 Å². The molecule has 5 heteroatoms. The normalized spacial score (nSPS) is 27.2. The Hall–Kier alpha value is -1.33. The highest BCUT2D eigenvalue weighted by Gasteiger charge is 2.51. The van der Waals surface area contributed by atoms with Crippen LogP contribution in [-0.2, 0) is 12.5 Å². The van der Waals surface area contributed by atoms with Gasteiger partial charge in [-0.05, 0) is 62.5 Å². The quantitative estimate of drug-likeness (QED) is 0.454. The number of hydrogen-bond acceptors (Lipinski definition) is 4. The number of aromatic nitrogens is 3. The van der Waals surface area contributed by atoms with Crippen molar-refractivity contribution in [2.24, 2.45) is 12.5 Å². The molecule has 0 atom stereocenters. The van der Waals surface area contributed by atoms with Gasteiger partial charge in [0.05, 0.1) is 0 Å². The number of fused-ring (bicyclic) bond motifs is 3. The second kappa shape index (κ2) is 7.59. The monoisotopic (exact) mass is 385 g/mol. The van der Waals surface area contributed by atoms with Crippen molar-refractivity contribution in [2.75, 3.05) is 0 Å². The molecule has 1 N–H and O–H groups in total. The van der Waals surface area contributed by atoms with Crippen LogP contribution in [0.1, 0.15) is 77.0 Å². The fourth-order valence-corrected chi connectivity index (χ4v) is 5.88. The fourth-order valence-electron chi connectivity index (χ4n) is 5.48. The molecule has 0 spiro atoms. The lowest BCUT2D eigenvalue weighted by Crippen LogP contribution is -2.45. The molecule has 4 nitrogen and oxygen atoms in total. The Morgan fingerprint density at radius 3 is 2.41 bits per heavy atom. The van der Waals surface area contributed by atoms with E-state index in [-0.39, 0.29) is 5.41 Å². The lowest BCUT2D eigenvalue weighted by Gasteiger charge is -2.53. The first-order chi connectivity index (χ1) is 13.1. The zero-order chi connectivity index (χ0) is 18.9. The van der Waals surface area contributed by atoms with Crippen LogP contribution in [0.2, 0.25) is 0 Å². The lowest BCUT2D eigenvalue weighted by molar-refractivity contribution is 0.0250. The predicted octanol–water partition coefficient (Wildman–Crippen LogP) is 6.22. The largest absolute Gasteiger partial charge is 0.325 e. The second-order valence-corrected chi connectivity index (χ2v) is 9.35. The maximum atomic E-state index is 9.61. The van der Waals surface area contributed by atoms with E-state index in [1.54, 1.807) is 0 Å². The van der Waals surface area contributed by atoms with Gasteiger partial charge in [0.2, 0.25) is 0 Å². The smallest absolute Gasteiger partial charge is 0.164 e. The highest BCUT2D eigenvalue weighted by Crippen LogP contribution is 2.59. The molecule has 3 aliphatic carbocycles. The molecule has 3 fully saturated rings. The first-order valence-electron chi connectivity index (χ1n) is 10.4. The number of unbranched alkanes of at least 4 members (excludes halogenated alkanes) is 2. The summed E-state index contributed by atoms with van der Waals surface area (Å²) in [6.45, 7) is 2.30. The van der Waals surface area contributed by atoms with Crippen molar-refractivity contribution in [2.45, 2.75) is 81.4 Å². The molecule has 1 aromatic heterocycles. The maximum absolute atomic E-state index is 9.61. The zero-order valence-corrected chi connectivity index (χ0v) is 17.4. The molecule has 1 aromatic carbocycles. The topological polar surface area (TPSA) is 50.9 Å². The Balaban J connectivity index is 1.57. The number of rotatable bonds is 7. The number of hydrogen-bond donors (Lipinski definition) is 1. The van der Waals surface area contributed by atoms with E-state index in [2.05, 4.69) is 28.7 Å². The van der Waals surface area contributed by atoms with Crippen molar-refractivity contribution in [3.8, 4) is 11.4 Å². The van der Waals surface area contributed by atoms with Crippen LogP contribution >= 0.6 is 12.0 Å². The Kier molecular flexibility index (Phi) is 5.34. The fraction of sp³-hybridized carbons (Fsp3) is 0.636. The van der Waals surface area contributed by atoms with Gasteiger partial charge in [-0.15, -0.1) is 10.2 Å². The van der Waals surface area contributed by atoms with Crippen LogP contribution < -0.4 is 0 Å². The molecular formula is C22H31N3OS. The molecule has 0 saturated heterocycles. The Bertz CT molecular complexity index is 776. The summed E-state index contributed by atoms with van der Waals surface area (Å²) >= 11 is 0.784. The van der Waals surface area contributed by atoms with Crippen molar-refractivity contribution in [3.05, 3.63) is 30.1 Å². The molecule has 0 radical (unpaired) electrons. The SMILES string of the molecule is CCCCCC12CCC(c3nnc(-c4ccccc4SO)n3C)(CC1)CC2. The molecular weight excluding hydrogens is 354 g/mol. The first kappa shape index (κ1) is 19.0. The van der Waals surface area contributed by atoms with Crippen molar-refractivity contribution in [3.63, 3.8) is 0 Å². The average molecular weight is 386 g/mol.